The molecule has 0 bridgehead atoms. The summed E-state index contributed by atoms with van der Waals surface area (Å²) in [5, 5.41) is 17.4. The maximum atomic E-state index is 8.72. The Balaban J connectivity index is 0.00000256. The van der Waals surface area contributed by atoms with Gasteiger partial charge in [-0.05, 0) is 0 Å². The van der Waals surface area contributed by atoms with Crippen LogP contribution in [0, 0.1) is 0 Å². The van der Waals surface area contributed by atoms with Gasteiger partial charge in [0.1, 0.15) is 0 Å². The van der Waals surface area contributed by atoms with Gasteiger partial charge < -0.3 is 19.7 Å². The van der Waals surface area contributed by atoms with E-state index in [0.29, 0.717) is 5.56 Å². The number of aliphatic hydroxyl groups is 2. The van der Waals surface area contributed by atoms with Crippen LogP contribution in [0.25, 0.3) is 0 Å². The average Bonchev–Trinajstić information content (AvgIpc) is 2.35. The van der Waals surface area contributed by atoms with Crippen LogP contribution in [0.15, 0.2) is 30.3 Å². The normalized spacial score (nSPS) is 11.0. The lowest BCUT2D eigenvalue weighted by molar-refractivity contribution is -0.249. The van der Waals surface area contributed by atoms with Crippen LogP contribution in [0.2, 0.25) is 0 Å². The Hall–Kier alpha value is -0.690. The van der Waals surface area contributed by atoms with Crippen molar-refractivity contribution in [2.24, 2.45) is 5.73 Å². The molecule has 0 atom stereocenters. The molecule has 0 aliphatic heterocycles. The fourth-order valence-corrected chi connectivity index (χ4v) is 1.27. The Bertz CT molecular complexity index is 289. The molecule has 0 aliphatic rings. The first-order valence-corrected chi connectivity index (χ1v) is 5.07. The van der Waals surface area contributed by atoms with E-state index in [1.807, 2.05) is 18.2 Å². The number of rotatable bonds is 7. The third-order valence-corrected chi connectivity index (χ3v) is 1.99. The highest BCUT2D eigenvalue weighted by molar-refractivity contribution is 5.85. The van der Waals surface area contributed by atoms with E-state index in [4.69, 9.17) is 25.4 Å². The third-order valence-electron chi connectivity index (χ3n) is 1.99. The fraction of sp³-hybridized carbons (Fsp3) is 0.455. The number of aliphatic hydroxyl groups excluding tert-OH is 2. The summed E-state index contributed by atoms with van der Waals surface area (Å²) in [7, 11) is 0. The smallest absolute Gasteiger partial charge is 0.253 e. The van der Waals surface area contributed by atoms with Gasteiger partial charge in [0.2, 0.25) is 0 Å². The van der Waals surface area contributed by atoms with Gasteiger partial charge in [0.15, 0.2) is 0 Å². The standard InChI is InChI=1S/C11H17NO4.ClH/c12-11(15-8-6-13,16-9-7-14)10-4-2-1-3-5-10;/h1-5,13-14H,6-9,12H2;1H. The van der Waals surface area contributed by atoms with Crippen molar-refractivity contribution in [3.8, 4) is 0 Å². The summed E-state index contributed by atoms with van der Waals surface area (Å²) in [6.45, 7) is -0.157. The van der Waals surface area contributed by atoms with Crippen molar-refractivity contribution in [3.63, 3.8) is 0 Å². The Morgan fingerprint density at radius 3 is 1.88 bits per heavy atom. The second-order valence-electron chi connectivity index (χ2n) is 3.18. The van der Waals surface area contributed by atoms with Crippen LogP contribution in [-0.2, 0) is 15.4 Å². The molecule has 17 heavy (non-hydrogen) atoms. The summed E-state index contributed by atoms with van der Waals surface area (Å²) >= 11 is 0. The molecule has 0 saturated heterocycles. The van der Waals surface area contributed by atoms with Crippen molar-refractivity contribution in [2.75, 3.05) is 26.4 Å². The molecule has 0 saturated carbocycles. The molecule has 0 spiro atoms. The van der Waals surface area contributed by atoms with Gasteiger partial charge in [0, 0.05) is 5.56 Å². The Morgan fingerprint density at radius 2 is 1.47 bits per heavy atom. The van der Waals surface area contributed by atoms with E-state index in [0.717, 1.165) is 0 Å². The molecule has 1 rings (SSSR count). The zero-order valence-electron chi connectivity index (χ0n) is 9.41. The number of ether oxygens (including phenoxy) is 2. The molecule has 5 nitrogen and oxygen atoms in total. The number of hydrogen-bond acceptors (Lipinski definition) is 5. The van der Waals surface area contributed by atoms with Crippen LogP contribution in [0.5, 0.6) is 0 Å². The Morgan fingerprint density at radius 1 is 1.00 bits per heavy atom. The van der Waals surface area contributed by atoms with Gasteiger partial charge in [0.25, 0.3) is 5.91 Å². The van der Waals surface area contributed by atoms with Crippen molar-refractivity contribution < 1.29 is 19.7 Å². The lowest BCUT2D eigenvalue weighted by atomic mass is 10.1. The van der Waals surface area contributed by atoms with E-state index in [1.54, 1.807) is 12.1 Å². The molecule has 0 unspecified atom stereocenters. The van der Waals surface area contributed by atoms with Crippen LogP contribution < -0.4 is 5.73 Å². The van der Waals surface area contributed by atoms with Gasteiger partial charge in [-0.15, -0.1) is 12.4 Å². The van der Waals surface area contributed by atoms with E-state index in [-0.39, 0.29) is 38.8 Å². The van der Waals surface area contributed by atoms with Gasteiger partial charge in [-0.1, -0.05) is 30.3 Å². The predicted molar refractivity (Wildman–Crippen MR) is 65.6 cm³/mol. The molecule has 4 N–H and O–H groups in total. The molecule has 1 aromatic rings. The lowest BCUT2D eigenvalue weighted by Gasteiger charge is -2.29. The van der Waals surface area contributed by atoms with Crippen LogP contribution in [0.4, 0.5) is 0 Å². The average molecular weight is 264 g/mol. The summed E-state index contributed by atoms with van der Waals surface area (Å²) in [6.07, 6.45) is 0. The molecule has 0 heterocycles. The van der Waals surface area contributed by atoms with E-state index in [1.165, 1.54) is 0 Å². The number of nitrogens with two attached hydrogens (primary N) is 1. The zero-order valence-corrected chi connectivity index (χ0v) is 10.2. The van der Waals surface area contributed by atoms with Crippen molar-refractivity contribution in [2.45, 2.75) is 5.91 Å². The first kappa shape index (κ1) is 16.3. The first-order chi connectivity index (χ1) is 7.73. The van der Waals surface area contributed by atoms with Crippen molar-refractivity contribution in [3.05, 3.63) is 35.9 Å². The monoisotopic (exact) mass is 263 g/mol. The molecule has 0 aliphatic carbocycles. The molecule has 1 aromatic carbocycles. The van der Waals surface area contributed by atoms with Crippen molar-refractivity contribution in [1.29, 1.82) is 0 Å². The van der Waals surface area contributed by atoms with Gasteiger partial charge in [0.05, 0.1) is 26.4 Å². The molecular formula is C11H18ClNO4. The van der Waals surface area contributed by atoms with Gasteiger partial charge in [-0.25, -0.2) is 0 Å². The zero-order chi connectivity index (χ0) is 11.9. The maximum Gasteiger partial charge on any atom is 0.253 e. The summed E-state index contributed by atoms with van der Waals surface area (Å²) < 4.78 is 10.5. The molecule has 0 amide bonds. The largest absolute Gasteiger partial charge is 0.394 e. The van der Waals surface area contributed by atoms with E-state index >= 15 is 0 Å². The first-order valence-electron chi connectivity index (χ1n) is 5.07. The van der Waals surface area contributed by atoms with Crippen LogP contribution in [0.1, 0.15) is 5.56 Å². The molecule has 0 radical (unpaired) electrons. The number of hydrogen-bond donors (Lipinski definition) is 3. The maximum absolute atomic E-state index is 8.72. The highest BCUT2D eigenvalue weighted by Gasteiger charge is 2.28. The number of halogens is 1. The Kier molecular flexibility index (Phi) is 8.07. The minimum atomic E-state index is -1.42. The highest BCUT2D eigenvalue weighted by atomic mass is 35.5. The highest BCUT2D eigenvalue weighted by Crippen LogP contribution is 2.20. The summed E-state index contributed by atoms with van der Waals surface area (Å²) in [5.41, 5.74) is 6.56. The van der Waals surface area contributed by atoms with Crippen LogP contribution in [-0.4, -0.2) is 36.6 Å². The third kappa shape index (κ3) is 4.99. The summed E-state index contributed by atoms with van der Waals surface area (Å²) in [6, 6.07) is 8.98. The number of benzene rings is 1. The SMILES string of the molecule is Cl.NC(OCCO)(OCCO)c1ccccc1. The quantitative estimate of drug-likeness (QED) is 0.612. The van der Waals surface area contributed by atoms with E-state index in [2.05, 4.69) is 0 Å². The van der Waals surface area contributed by atoms with E-state index in [9.17, 15) is 0 Å². The molecule has 6 heteroatoms. The molecular weight excluding hydrogens is 246 g/mol. The lowest BCUT2D eigenvalue weighted by Crippen LogP contribution is -2.44. The van der Waals surface area contributed by atoms with Crippen molar-refractivity contribution in [1.82, 2.24) is 0 Å². The van der Waals surface area contributed by atoms with Crippen LogP contribution >= 0.6 is 12.4 Å². The Labute approximate surface area is 107 Å². The predicted octanol–water partition coefficient (Wildman–Crippen LogP) is 0.195. The van der Waals surface area contributed by atoms with Gasteiger partial charge in [-0.3, -0.25) is 5.73 Å². The fourth-order valence-electron chi connectivity index (χ4n) is 1.27. The molecule has 0 fully saturated rings. The second-order valence-corrected chi connectivity index (χ2v) is 3.18. The minimum Gasteiger partial charge on any atom is -0.394 e. The molecule has 0 aromatic heterocycles. The van der Waals surface area contributed by atoms with E-state index < -0.39 is 5.91 Å². The molecule has 98 valence electrons. The summed E-state index contributed by atoms with van der Waals surface area (Å²) in [4.78, 5) is 0. The van der Waals surface area contributed by atoms with Gasteiger partial charge in [-0.2, -0.15) is 0 Å². The van der Waals surface area contributed by atoms with Gasteiger partial charge >= 0.3 is 0 Å². The minimum absolute atomic E-state index is 0. The summed E-state index contributed by atoms with van der Waals surface area (Å²) in [5.74, 6) is -1.42. The van der Waals surface area contributed by atoms with Crippen LogP contribution in [0.3, 0.4) is 0 Å². The second kappa shape index (κ2) is 8.41. The topological polar surface area (TPSA) is 84.9 Å². The van der Waals surface area contributed by atoms with Crippen molar-refractivity contribution >= 4 is 12.4 Å².